The van der Waals surface area contributed by atoms with Gasteiger partial charge in [0.05, 0.1) is 19.7 Å². The maximum atomic E-state index is 12.3. The fourth-order valence-corrected chi connectivity index (χ4v) is 2.23. The predicted molar refractivity (Wildman–Crippen MR) is 92.8 cm³/mol. The van der Waals surface area contributed by atoms with Gasteiger partial charge in [-0.05, 0) is 41.5 Å². The number of nitrogens with one attached hydrogen (secondary N) is 1. The summed E-state index contributed by atoms with van der Waals surface area (Å²) in [6, 6.07) is -0.431. The summed E-state index contributed by atoms with van der Waals surface area (Å²) in [5, 5.41) is 12.2. The molecule has 150 valence electrons. The molecular weight excluding hydrogens is 344 g/mol. The summed E-state index contributed by atoms with van der Waals surface area (Å²) >= 11 is 0. The molecule has 0 aromatic carbocycles. The lowest BCUT2D eigenvalue weighted by Crippen LogP contribution is -2.48. The van der Waals surface area contributed by atoms with Crippen LogP contribution in [0, 0.1) is 0 Å². The third-order valence-electron chi connectivity index (χ3n) is 3.21. The van der Waals surface area contributed by atoms with Gasteiger partial charge in [0.15, 0.2) is 6.10 Å². The number of ether oxygens (including phenoxy) is 3. The van der Waals surface area contributed by atoms with Gasteiger partial charge in [-0.1, -0.05) is 0 Å². The van der Waals surface area contributed by atoms with Crippen LogP contribution in [0.1, 0.15) is 41.5 Å². The first-order valence-electron chi connectivity index (χ1n) is 8.54. The number of carboxylic acids is 1. The molecule has 1 unspecified atom stereocenters. The van der Waals surface area contributed by atoms with Crippen molar-refractivity contribution in [2.24, 2.45) is 0 Å². The molecule has 26 heavy (non-hydrogen) atoms. The molecule has 0 aromatic heterocycles. The summed E-state index contributed by atoms with van der Waals surface area (Å²) in [6.07, 6.45) is -1.78. The molecule has 0 aromatic rings. The quantitative estimate of drug-likeness (QED) is 0.701. The van der Waals surface area contributed by atoms with Crippen LogP contribution in [0.5, 0.6) is 0 Å². The number of esters is 1. The maximum Gasteiger partial charge on any atom is 0.410 e. The van der Waals surface area contributed by atoms with Crippen LogP contribution in [-0.4, -0.2) is 77.6 Å². The first-order valence-corrected chi connectivity index (χ1v) is 8.54. The highest BCUT2D eigenvalue weighted by atomic mass is 16.6. The zero-order valence-electron chi connectivity index (χ0n) is 16.3. The van der Waals surface area contributed by atoms with E-state index in [2.05, 4.69) is 5.32 Å². The van der Waals surface area contributed by atoms with Gasteiger partial charge in [0.25, 0.3) is 0 Å². The summed E-state index contributed by atoms with van der Waals surface area (Å²) < 4.78 is 15.9. The van der Waals surface area contributed by atoms with Gasteiger partial charge in [0.2, 0.25) is 0 Å². The van der Waals surface area contributed by atoms with Crippen molar-refractivity contribution in [3.05, 3.63) is 0 Å². The highest BCUT2D eigenvalue weighted by Gasteiger charge is 2.33. The van der Waals surface area contributed by atoms with E-state index in [4.69, 9.17) is 14.2 Å². The van der Waals surface area contributed by atoms with Crippen LogP contribution in [0.25, 0.3) is 0 Å². The summed E-state index contributed by atoms with van der Waals surface area (Å²) in [5.41, 5.74) is -1.31. The third kappa shape index (κ3) is 8.48. The molecule has 1 aliphatic rings. The van der Waals surface area contributed by atoms with Crippen LogP contribution in [0.2, 0.25) is 0 Å². The minimum atomic E-state index is -1.16. The molecule has 0 bridgehead atoms. The molecule has 9 heteroatoms. The van der Waals surface area contributed by atoms with E-state index in [1.165, 1.54) is 4.90 Å². The maximum absolute atomic E-state index is 12.3. The zero-order chi connectivity index (χ0) is 20.1. The van der Waals surface area contributed by atoms with Crippen molar-refractivity contribution in [3.8, 4) is 0 Å². The minimum Gasteiger partial charge on any atom is -0.479 e. The molecule has 0 saturated carbocycles. The number of carbonyl (C=O) groups excluding carboxylic acids is 2. The molecule has 0 radical (unpaired) electrons. The number of aliphatic carboxylic acids is 1. The van der Waals surface area contributed by atoms with Crippen LogP contribution >= 0.6 is 0 Å². The standard InChI is InChI=1S/C17H30N2O7/c1-16(2,3)25-13(20)7-18-11-8-19(15(23)26-17(4,5)6)9-12(14(21)22)24-10-11/h11-12,18H,7-10H2,1-6H3,(H,21,22)/t11-,12?/m0/s1. The number of hydrogen-bond donors (Lipinski definition) is 2. The topological polar surface area (TPSA) is 114 Å². The number of nitrogens with zero attached hydrogens (tertiary/aromatic N) is 1. The molecule has 1 rings (SSSR count). The number of carboxylic acid groups (broad SMARTS) is 1. The summed E-state index contributed by atoms with van der Waals surface area (Å²) in [7, 11) is 0. The van der Waals surface area contributed by atoms with Crippen molar-refractivity contribution in [1.82, 2.24) is 10.2 Å². The second kappa shape index (κ2) is 8.68. The van der Waals surface area contributed by atoms with E-state index < -0.39 is 41.4 Å². The van der Waals surface area contributed by atoms with Gasteiger partial charge >= 0.3 is 18.0 Å². The summed E-state index contributed by atoms with van der Waals surface area (Å²) in [5.74, 6) is -1.60. The van der Waals surface area contributed by atoms with Crippen LogP contribution in [0.4, 0.5) is 4.79 Å². The van der Waals surface area contributed by atoms with E-state index in [9.17, 15) is 19.5 Å². The monoisotopic (exact) mass is 374 g/mol. The van der Waals surface area contributed by atoms with Crippen molar-refractivity contribution in [1.29, 1.82) is 0 Å². The minimum absolute atomic E-state index is 0.0407. The second-order valence-corrected chi connectivity index (χ2v) is 8.21. The van der Waals surface area contributed by atoms with Crippen molar-refractivity contribution in [3.63, 3.8) is 0 Å². The van der Waals surface area contributed by atoms with Crippen LogP contribution in [0.15, 0.2) is 0 Å². The molecule has 1 aliphatic heterocycles. The van der Waals surface area contributed by atoms with E-state index in [1.807, 2.05) is 0 Å². The summed E-state index contributed by atoms with van der Waals surface area (Å²) in [4.78, 5) is 36.8. The Morgan fingerprint density at radius 2 is 1.65 bits per heavy atom. The van der Waals surface area contributed by atoms with Gasteiger partial charge in [-0.15, -0.1) is 0 Å². The Morgan fingerprint density at radius 3 is 2.15 bits per heavy atom. The normalized spacial score (nSPS) is 21.7. The van der Waals surface area contributed by atoms with E-state index in [-0.39, 0.29) is 26.2 Å². The van der Waals surface area contributed by atoms with Crippen molar-refractivity contribution < 1.29 is 33.7 Å². The van der Waals surface area contributed by atoms with Crippen molar-refractivity contribution >= 4 is 18.0 Å². The lowest BCUT2D eigenvalue weighted by molar-refractivity contribution is -0.154. The Balaban J connectivity index is 2.73. The van der Waals surface area contributed by atoms with Crippen LogP contribution < -0.4 is 5.32 Å². The Hall–Kier alpha value is -1.87. The van der Waals surface area contributed by atoms with Crippen molar-refractivity contribution in [2.45, 2.75) is 64.9 Å². The molecule has 2 atom stereocenters. The number of rotatable bonds is 4. The van der Waals surface area contributed by atoms with Gasteiger partial charge in [0, 0.05) is 12.6 Å². The van der Waals surface area contributed by atoms with Crippen LogP contribution in [0.3, 0.4) is 0 Å². The average molecular weight is 374 g/mol. The summed E-state index contributed by atoms with van der Waals surface area (Å²) in [6.45, 7) is 10.5. The fourth-order valence-electron chi connectivity index (χ4n) is 2.23. The molecule has 0 spiro atoms. The lowest BCUT2D eigenvalue weighted by atomic mass is 10.2. The first kappa shape index (κ1) is 22.2. The Kier molecular flexibility index (Phi) is 7.40. The number of amides is 1. The molecule has 1 saturated heterocycles. The van der Waals surface area contributed by atoms with Gasteiger partial charge in [-0.25, -0.2) is 9.59 Å². The lowest BCUT2D eigenvalue weighted by Gasteiger charge is -2.28. The largest absolute Gasteiger partial charge is 0.479 e. The molecule has 1 heterocycles. The molecule has 1 amide bonds. The SMILES string of the molecule is CC(C)(C)OC(=O)CN[C@@H]1COC(C(=O)O)CN(C(=O)OC(C)(C)C)C1. The third-order valence-corrected chi connectivity index (χ3v) is 3.21. The smallest absolute Gasteiger partial charge is 0.410 e. The van der Waals surface area contributed by atoms with E-state index in [1.54, 1.807) is 41.5 Å². The highest BCUT2D eigenvalue weighted by Crippen LogP contribution is 2.14. The average Bonchev–Trinajstić information content (AvgIpc) is 2.64. The Labute approximate surface area is 154 Å². The van der Waals surface area contributed by atoms with Crippen molar-refractivity contribution in [2.75, 3.05) is 26.2 Å². The Bertz CT molecular complexity index is 522. The second-order valence-electron chi connectivity index (χ2n) is 8.21. The van der Waals surface area contributed by atoms with E-state index in [0.717, 1.165) is 0 Å². The molecule has 9 nitrogen and oxygen atoms in total. The molecule has 1 fully saturated rings. The Morgan fingerprint density at radius 1 is 1.08 bits per heavy atom. The van der Waals surface area contributed by atoms with E-state index >= 15 is 0 Å². The van der Waals surface area contributed by atoms with Gasteiger partial charge in [-0.3, -0.25) is 4.79 Å². The van der Waals surface area contributed by atoms with Gasteiger partial charge in [-0.2, -0.15) is 0 Å². The zero-order valence-corrected chi connectivity index (χ0v) is 16.3. The molecular formula is C17H30N2O7. The highest BCUT2D eigenvalue weighted by molar-refractivity contribution is 5.75. The van der Waals surface area contributed by atoms with Gasteiger partial charge < -0.3 is 29.5 Å². The first-order chi connectivity index (χ1) is 11.8. The molecule has 2 N–H and O–H groups in total. The predicted octanol–water partition coefficient (Wildman–Crippen LogP) is 1.01. The van der Waals surface area contributed by atoms with Gasteiger partial charge in [0.1, 0.15) is 11.2 Å². The number of hydrogen-bond acceptors (Lipinski definition) is 7. The van der Waals surface area contributed by atoms with E-state index in [0.29, 0.717) is 0 Å². The molecule has 0 aliphatic carbocycles. The number of carbonyl (C=O) groups is 3. The van der Waals surface area contributed by atoms with Crippen LogP contribution in [-0.2, 0) is 23.8 Å². The fraction of sp³-hybridized carbons (Fsp3) is 0.824.